The Labute approximate surface area is 170 Å². The zero-order valence-electron chi connectivity index (χ0n) is 16.3. The molecular formula is C23H24N4O2. The lowest BCUT2D eigenvalue weighted by molar-refractivity contribution is 0.171. The second-order valence-corrected chi connectivity index (χ2v) is 7.33. The van der Waals surface area contributed by atoms with Crippen molar-refractivity contribution in [2.45, 2.75) is 19.3 Å². The minimum atomic E-state index is 0.571. The fraction of sp³-hybridized carbons (Fsp3) is 0.304. The van der Waals surface area contributed by atoms with Crippen molar-refractivity contribution in [1.82, 2.24) is 9.97 Å². The number of piperidine rings is 1. The molecule has 1 saturated heterocycles. The number of rotatable bonds is 4. The number of nitrogens with zero attached hydrogens (tertiary/aromatic N) is 3. The van der Waals surface area contributed by atoms with Crippen LogP contribution < -0.4 is 19.7 Å². The average molecular weight is 388 g/mol. The molecule has 0 radical (unpaired) electrons. The summed E-state index contributed by atoms with van der Waals surface area (Å²) in [7, 11) is 0. The summed E-state index contributed by atoms with van der Waals surface area (Å²) in [6.07, 6.45) is 3.70. The highest BCUT2D eigenvalue weighted by atomic mass is 16.6. The molecule has 2 aliphatic heterocycles. The molecule has 1 N–H and O–H groups in total. The third kappa shape index (κ3) is 3.97. The summed E-state index contributed by atoms with van der Waals surface area (Å²) in [5.74, 6) is 4.02. The van der Waals surface area contributed by atoms with Crippen LogP contribution in [0.5, 0.6) is 11.5 Å². The second kappa shape index (κ2) is 7.99. The highest BCUT2D eigenvalue weighted by Crippen LogP contribution is 2.34. The molecule has 0 spiro atoms. The molecule has 6 heteroatoms. The topological polar surface area (TPSA) is 59.5 Å². The molecule has 1 aromatic heterocycles. The van der Waals surface area contributed by atoms with E-state index >= 15 is 0 Å². The summed E-state index contributed by atoms with van der Waals surface area (Å²) in [5.41, 5.74) is 1.92. The number of fused-ring (bicyclic) bond motifs is 1. The molecule has 0 amide bonds. The van der Waals surface area contributed by atoms with Crippen LogP contribution in [0.1, 0.15) is 19.3 Å². The van der Waals surface area contributed by atoms with E-state index in [-0.39, 0.29) is 0 Å². The Morgan fingerprint density at radius 3 is 2.41 bits per heavy atom. The SMILES string of the molecule is c1ccc(-c2nc(Nc3ccc4c(c3)OCCO4)cc(N3CCCCC3)n2)cc1. The molecular weight excluding hydrogens is 364 g/mol. The van der Waals surface area contributed by atoms with Gasteiger partial charge in [-0.1, -0.05) is 30.3 Å². The minimum absolute atomic E-state index is 0.571. The maximum Gasteiger partial charge on any atom is 0.163 e. The van der Waals surface area contributed by atoms with Crippen LogP contribution in [0.25, 0.3) is 11.4 Å². The van der Waals surface area contributed by atoms with Gasteiger partial charge in [-0.25, -0.2) is 9.97 Å². The molecule has 6 nitrogen and oxygen atoms in total. The molecule has 2 aromatic carbocycles. The number of nitrogens with one attached hydrogen (secondary N) is 1. The lowest BCUT2D eigenvalue weighted by Gasteiger charge is -2.28. The summed E-state index contributed by atoms with van der Waals surface area (Å²) >= 11 is 0. The van der Waals surface area contributed by atoms with Crippen molar-refractivity contribution >= 4 is 17.3 Å². The smallest absolute Gasteiger partial charge is 0.163 e. The highest BCUT2D eigenvalue weighted by Gasteiger charge is 2.17. The summed E-state index contributed by atoms with van der Waals surface area (Å²) in [6, 6.07) is 18.0. The van der Waals surface area contributed by atoms with E-state index in [1.165, 1.54) is 19.3 Å². The predicted molar refractivity (Wildman–Crippen MR) is 114 cm³/mol. The van der Waals surface area contributed by atoms with Gasteiger partial charge >= 0.3 is 0 Å². The fourth-order valence-electron chi connectivity index (χ4n) is 3.77. The van der Waals surface area contributed by atoms with E-state index in [0.29, 0.717) is 13.2 Å². The van der Waals surface area contributed by atoms with Gasteiger partial charge in [0.2, 0.25) is 0 Å². The van der Waals surface area contributed by atoms with E-state index in [1.807, 2.05) is 54.6 Å². The van der Waals surface area contributed by atoms with Crippen LogP contribution in [0, 0.1) is 0 Å². The van der Waals surface area contributed by atoms with E-state index in [1.54, 1.807) is 0 Å². The molecule has 0 bridgehead atoms. The molecule has 29 heavy (non-hydrogen) atoms. The Morgan fingerprint density at radius 2 is 1.59 bits per heavy atom. The van der Waals surface area contributed by atoms with E-state index in [2.05, 4.69) is 10.2 Å². The van der Waals surface area contributed by atoms with Gasteiger partial charge in [-0.2, -0.15) is 0 Å². The first-order chi connectivity index (χ1) is 14.3. The number of hydrogen-bond acceptors (Lipinski definition) is 6. The Balaban J connectivity index is 1.49. The van der Waals surface area contributed by atoms with Gasteiger partial charge in [0, 0.05) is 36.5 Å². The molecule has 2 aliphatic rings. The summed E-state index contributed by atoms with van der Waals surface area (Å²) in [6.45, 7) is 3.23. The van der Waals surface area contributed by atoms with Gasteiger partial charge in [-0.3, -0.25) is 0 Å². The maximum absolute atomic E-state index is 5.71. The van der Waals surface area contributed by atoms with Crippen molar-refractivity contribution in [1.29, 1.82) is 0 Å². The van der Waals surface area contributed by atoms with Gasteiger partial charge in [0.15, 0.2) is 17.3 Å². The molecule has 0 unspecified atom stereocenters. The largest absolute Gasteiger partial charge is 0.486 e. The highest BCUT2D eigenvalue weighted by molar-refractivity contribution is 5.67. The van der Waals surface area contributed by atoms with Crippen LogP contribution in [0.2, 0.25) is 0 Å². The summed E-state index contributed by atoms with van der Waals surface area (Å²) in [5, 5.41) is 3.43. The predicted octanol–water partition coefficient (Wildman–Crippen LogP) is 4.65. The van der Waals surface area contributed by atoms with Gasteiger partial charge in [0.1, 0.15) is 24.8 Å². The van der Waals surface area contributed by atoms with Gasteiger partial charge in [-0.15, -0.1) is 0 Å². The summed E-state index contributed by atoms with van der Waals surface area (Å²) in [4.78, 5) is 12.0. The first kappa shape index (κ1) is 17.8. The number of benzene rings is 2. The number of hydrogen-bond donors (Lipinski definition) is 1. The molecule has 3 aromatic rings. The van der Waals surface area contributed by atoms with E-state index in [4.69, 9.17) is 19.4 Å². The maximum atomic E-state index is 5.71. The standard InChI is InChI=1S/C23H24N4O2/c1-3-7-17(8-4-1)23-25-21(16-22(26-23)27-11-5-2-6-12-27)24-18-9-10-19-20(15-18)29-14-13-28-19/h1,3-4,7-10,15-16H,2,5-6,11-14H2,(H,24,25,26). The Kier molecular flexibility index (Phi) is 4.90. The van der Waals surface area contributed by atoms with Crippen LogP contribution in [0.3, 0.4) is 0 Å². The molecule has 0 atom stereocenters. The third-order valence-corrected chi connectivity index (χ3v) is 5.24. The first-order valence-corrected chi connectivity index (χ1v) is 10.2. The molecule has 1 fully saturated rings. The normalized spacial score (nSPS) is 15.8. The lowest BCUT2D eigenvalue weighted by atomic mass is 10.1. The van der Waals surface area contributed by atoms with Crippen LogP contribution in [-0.2, 0) is 0 Å². The van der Waals surface area contributed by atoms with Crippen LogP contribution >= 0.6 is 0 Å². The van der Waals surface area contributed by atoms with Crippen LogP contribution in [0.4, 0.5) is 17.3 Å². The van der Waals surface area contributed by atoms with Crippen molar-refractivity contribution in [3.8, 4) is 22.9 Å². The minimum Gasteiger partial charge on any atom is -0.486 e. The average Bonchev–Trinajstić information content (AvgIpc) is 2.80. The van der Waals surface area contributed by atoms with Crippen molar-refractivity contribution in [3.63, 3.8) is 0 Å². The fourth-order valence-corrected chi connectivity index (χ4v) is 3.77. The van der Waals surface area contributed by atoms with E-state index < -0.39 is 0 Å². The van der Waals surface area contributed by atoms with Crippen LogP contribution in [0.15, 0.2) is 54.6 Å². The molecule has 0 saturated carbocycles. The van der Waals surface area contributed by atoms with Crippen molar-refractivity contribution in [2.24, 2.45) is 0 Å². The number of aromatic nitrogens is 2. The Hall–Kier alpha value is -3.28. The number of anilines is 3. The first-order valence-electron chi connectivity index (χ1n) is 10.2. The van der Waals surface area contributed by atoms with Gasteiger partial charge < -0.3 is 19.7 Å². The zero-order chi connectivity index (χ0) is 19.5. The Bertz CT molecular complexity index is 987. The molecule has 5 rings (SSSR count). The monoisotopic (exact) mass is 388 g/mol. The van der Waals surface area contributed by atoms with Crippen molar-refractivity contribution in [2.75, 3.05) is 36.5 Å². The van der Waals surface area contributed by atoms with Gasteiger partial charge in [0.25, 0.3) is 0 Å². The third-order valence-electron chi connectivity index (χ3n) is 5.24. The van der Waals surface area contributed by atoms with Crippen molar-refractivity contribution < 1.29 is 9.47 Å². The lowest BCUT2D eigenvalue weighted by Crippen LogP contribution is -2.30. The van der Waals surface area contributed by atoms with Crippen LogP contribution in [-0.4, -0.2) is 36.3 Å². The van der Waals surface area contributed by atoms with E-state index in [9.17, 15) is 0 Å². The quantitative estimate of drug-likeness (QED) is 0.702. The van der Waals surface area contributed by atoms with Crippen molar-refractivity contribution in [3.05, 3.63) is 54.6 Å². The van der Waals surface area contributed by atoms with E-state index in [0.717, 1.165) is 53.3 Å². The van der Waals surface area contributed by atoms with Gasteiger partial charge in [0.05, 0.1) is 0 Å². The zero-order valence-corrected chi connectivity index (χ0v) is 16.3. The second-order valence-electron chi connectivity index (χ2n) is 7.33. The summed E-state index contributed by atoms with van der Waals surface area (Å²) < 4.78 is 11.3. The molecule has 3 heterocycles. The number of ether oxygens (including phenoxy) is 2. The Morgan fingerprint density at radius 1 is 0.793 bits per heavy atom. The van der Waals surface area contributed by atoms with Gasteiger partial charge in [-0.05, 0) is 31.4 Å². The molecule has 0 aliphatic carbocycles. The molecule has 148 valence electrons.